The number of aliphatic hydroxyl groups is 1. The lowest BCUT2D eigenvalue weighted by molar-refractivity contribution is -0.129. The Labute approximate surface area is 140 Å². The van der Waals surface area contributed by atoms with Crippen LogP contribution >= 0.6 is 24.2 Å². The summed E-state index contributed by atoms with van der Waals surface area (Å²) in [6, 6.07) is 16.5. The van der Waals surface area contributed by atoms with Gasteiger partial charge in [-0.25, -0.2) is 5.43 Å². The SMILES string of the molecule is CSc1ccc(C=NNC(=O)C(O)c2ccccc2)cc1.Cl. The standard InChI is InChI=1S/C16H16N2O2S.ClH/c1-21-14-9-7-12(8-10-14)11-17-18-16(20)15(19)13-5-3-2-4-6-13;/h2-11,15,19H,1H3,(H,18,20);1H. The molecule has 0 aromatic heterocycles. The average molecular weight is 337 g/mol. The second-order valence-electron chi connectivity index (χ2n) is 4.32. The predicted molar refractivity (Wildman–Crippen MR) is 92.6 cm³/mol. The highest BCUT2D eigenvalue weighted by Crippen LogP contribution is 2.14. The first-order chi connectivity index (χ1) is 10.2. The van der Waals surface area contributed by atoms with E-state index in [1.54, 1.807) is 42.2 Å². The number of rotatable bonds is 5. The number of amides is 1. The van der Waals surface area contributed by atoms with Crippen LogP contribution in [0.4, 0.5) is 0 Å². The van der Waals surface area contributed by atoms with Gasteiger partial charge in [-0.2, -0.15) is 5.10 Å². The van der Waals surface area contributed by atoms with Gasteiger partial charge in [0.15, 0.2) is 6.10 Å². The number of carbonyl (C=O) groups is 1. The Bertz CT molecular complexity index is 618. The smallest absolute Gasteiger partial charge is 0.273 e. The minimum absolute atomic E-state index is 0. The molecule has 0 spiro atoms. The Morgan fingerprint density at radius 2 is 1.82 bits per heavy atom. The average Bonchev–Trinajstić information content (AvgIpc) is 2.55. The summed E-state index contributed by atoms with van der Waals surface area (Å²) in [7, 11) is 0. The number of thioether (sulfide) groups is 1. The maximum absolute atomic E-state index is 11.8. The summed E-state index contributed by atoms with van der Waals surface area (Å²) in [4.78, 5) is 12.9. The summed E-state index contributed by atoms with van der Waals surface area (Å²) in [5, 5.41) is 13.7. The molecule has 0 bridgehead atoms. The first kappa shape index (κ1) is 18.2. The van der Waals surface area contributed by atoms with Crippen LogP contribution in [0.5, 0.6) is 0 Å². The number of carbonyl (C=O) groups excluding carboxylic acids is 1. The van der Waals surface area contributed by atoms with Crippen LogP contribution in [0.15, 0.2) is 64.6 Å². The minimum atomic E-state index is -1.22. The largest absolute Gasteiger partial charge is 0.378 e. The van der Waals surface area contributed by atoms with E-state index in [4.69, 9.17) is 0 Å². The van der Waals surface area contributed by atoms with Crippen molar-refractivity contribution >= 4 is 36.3 Å². The van der Waals surface area contributed by atoms with Gasteiger partial charge < -0.3 is 5.11 Å². The van der Waals surface area contributed by atoms with Crippen LogP contribution in [-0.2, 0) is 4.79 Å². The molecule has 4 nitrogen and oxygen atoms in total. The highest BCUT2D eigenvalue weighted by molar-refractivity contribution is 7.98. The third-order valence-corrected chi connectivity index (χ3v) is 3.61. The number of nitrogens with one attached hydrogen (secondary N) is 1. The molecular weight excluding hydrogens is 320 g/mol. The Morgan fingerprint density at radius 1 is 1.18 bits per heavy atom. The number of hydrogen-bond acceptors (Lipinski definition) is 4. The van der Waals surface area contributed by atoms with Crippen LogP contribution in [-0.4, -0.2) is 23.5 Å². The van der Waals surface area contributed by atoms with Crippen molar-refractivity contribution in [1.82, 2.24) is 5.43 Å². The highest BCUT2D eigenvalue weighted by Gasteiger charge is 2.15. The molecule has 22 heavy (non-hydrogen) atoms. The number of benzene rings is 2. The Kier molecular flexibility index (Phi) is 7.66. The fourth-order valence-corrected chi connectivity index (χ4v) is 2.12. The molecule has 2 rings (SSSR count). The minimum Gasteiger partial charge on any atom is -0.378 e. The number of hydrazone groups is 1. The Hall–Kier alpha value is -1.82. The topological polar surface area (TPSA) is 61.7 Å². The molecule has 0 saturated heterocycles. The summed E-state index contributed by atoms with van der Waals surface area (Å²) < 4.78 is 0. The van der Waals surface area contributed by atoms with Crippen LogP contribution in [0.25, 0.3) is 0 Å². The van der Waals surface area contributed by atoms with E-state index in [-0.39, 0.29) is 12.4 Å². The molecule has 0 radical (unpaired) electrons. The molecule has 0 heterocycles. The third kappa shape index (κ3) is 5.18. The zero-order valence-electron chi connectivity index (χ0n) is 12.0. The highest BCUT2D eigenvalue weighted by atomic mass is 35.5. The molecule has 0 fully saturated rings. The Balaban J connectivity index is 0.00000242. The van der Waals surface area contributed by atoms with Crippen LogP contribution in [0, 0.1) is 0 Å². The second-order valence-corrected chi connectivity index (χ2v) is 5.20. The monoisotopic (exact) mass is 336 g/mol. The molecule has 1 unspecified atom stereocenters. The van der Waals surface area contributed by atoms with Gasteiger partial charge in [-0.05, 0) is 29.5 Å². The van der Waals surface area contributed by atoms with Crippen LogP contribution < -0.4 is 5.43 Å². The zero-order chi connectivity index (χ0) is 15.1. The van der Waals surface area contributed by atoms with Crippen molar-refractivity contribution in [3.05, 3.63) is 65.7 Å². The van der Waals surface area contributed by atoms with Crippen LogP contribution in [0.3, 0.4) is 0 Å². The molecule has 0 saturated carbocycles. The molecule has 2 aromatic rings. The molecule has 0 aliphatic rings. The van der Waals surface area contributed by atoms with Gasteiger partial charge in [0.25, 0.3) is 5.91 Å². The molecule has 1 amide bonds. The van der Waals surface area contributed by atoms with Crippen molar-refractivity contribution in [2.45, 2.75) is 11.0 Å². The van der Waals surface area contributed by atoms with Gasteiger partial charge in [-0.3, -0.25) is 4.79 Å². The first-order valence-corrected chi connectivity index (χ1v) is 7.63. The van der Waals surface area contributed by atoms with E-state index < -0.39 is 12.0 Å². The summed E-state index contributed by atoms with van der Waals surface area (Å²) in [6.45, 7) is 0. The summed E-state index contributed by atoms with van der Waals surface area (Å²) >= 11 is 1.66. The molecule has 0 aliphatic carbocycles. The lowest BCUT2D eigenvalue weighted by Crippen LogP contribution is -2.25. The van der Waals surface area contributed by atoms with Gasteiger partial charge in [0, 0.05) is 4.90 Å². The van der Waals surface area contributed by atoms with Crippen molar-refractivity contribution < 1.29 is 9.90 Å². The number of halogens is 1. The van der Waals surface area contributed by atoms with E-state index in [0.717, 1.165) is 10.5 Å². The van der Waals surface area contributed by atoms with E-state index in [0.29, 0.717) is 5.56 Å². The van der Waals surface area contributed by atoms with Gasteiger partial charge >= 0.3 is 0 Å². The van der Waals surface area contributed by atoms with Gasteiger partial charge in [-0.1, -0.05) is 42.5 Å². The van der Waals surface area contributed by atoms with Gasteiger partial charge in [-0.15, -0.1) is 24.2 Å². The normalized spacial score (nSPS) is 11.7. The van der Waals surface area contributed by atoms with E-state index in [9.17, 15) is 9.90 Å². The van der Waals surface area contributed by atoms with Crippen LogP contribution in [0.2, 0.25) is 0 Å². The van der Waals surface area contributed by atoms with Crippen molar-refractivity contribution in [2.75, 3.05) is 6.26 Å². The first-order valence-electron chi connectivity index (χ1n) is 6.40. The lowest BCUT2D eigenvalue weighted by Gasteiger charge is -2.08. The summed E-state index contributed by atoms with van der Waals surface area (Å²) in [6.07, 6.45) is 2.33. The van der Waals surface area contributed by atoms with Gasteiger partial charge in [0.2, 0.25) is 0 Å². The van der Waals surface area contributed by atoms with Crippen molar-refractivity contribution in [3.63, 3.8) is 0 Å². The molecule has 116 valence electrons. The number of hydrogen-bond donors (Lipinski definition) is 2. The van der Waals surface area contributed by atoms with Gasteiger partial charge in [0.05, 0.1) is 6.21 Å². The number of aliphatic hydroxyl groups excluding tert-OH is 1. The van der Waals surface area contributed by atoms with E-state index >= 15 is 0 Å². The van der Waals surface area contributed by atoms with Crippen LogP contribution in [0.1, 0.15) is 17.2 Å². The van der Waals surface area contributed by atoms with Gasteiger partial charge in [0.1, 0.15) is 0 Å². The number of nitrogens with zero attached hydrogens (tertiary/aromatic N) is 1. The van der Waals surface area contributed by atoms with E-state index in [2.05, 4.69) is 10.5 Å². The summed E-state index contributed by atoms with van der Waals surface area (Å²) in [5.41, 5.74) is 3.75. The Morgan fingerprint density at radius 3 is 2.41 bits per heavy atom. The maximum Gasteiger partial charge on any atom is 0.273 e. The fraction of sp³-hybridized carbons (Fsp3) is 0.125. The second kappa shape index (κ2) is 9.25. The fourth-order valence-electron chi connectivity index (χ4n) is 1.71. The molecule has 0 aliphatic heterocycles. The van der Waals surface area contributed by atoms with E-state index in [1.165, 1.54) is 0 Å². The maximum atomic E-state index is 11.8. The summed E-state index contributed by atoms with van der Waals surface area (Å²) in [5.74, 6) is -0.557. The molecule has 1 atom stereocenters. The third-order valence-electron chi connectivity index (χ3n) is 2.87. The van der Waals surface area contributed by atoms with Crippen molar-refractivity contribution in [2.24, 2.45) is 5.10 Å². The molecule has 6 heteroatoms. The predicted octanol–water partition coefficient (Wildman–Crippen LogP) is 3.01. The quantitative estimate of drug-likeness (QED) is 0.501. The van der Waals surface area contributed by atoms with Crippen molar-refractivity contribution in [3.8, 4) is 0 Å². The molecular formula is C16H17ClN2O2S. The molecule has 2 aromatic carbocycles. The lowest BCUT2D eigenvalue weighted by atomic mass is 10.1. The van der Waals surface area contributed by atoms with Crippen molar-refractivity contribution in [1.29, 1.82) is 0 Å². The zero-order valence-corrected chi connectivity index (χ0v) is 13.6. The van der Waals surface area contributed by atoms with E-state index in [1.807, 2.05) is 36.6 Å². The molecule has 2 N–H and O–H groups in total.